The predicted molar refractivity (Wildman–Crippen MR) is 77.2 cm³/mol. The average Bonchev–Trinajstić information content (AvgIpc) is 2.40. The summed E-state index contributed by atoms with van der Waals surface area (Å²) in [6.07, 6.45) is 0. The SMILES string of the molecule is O=C(O)c1cccc(CNc2ccc(Cl)c(Cl)c2)c1. The summed E-state index contributed by atoms with van der Waals surface area (Å²) in [5, 5.41) is 13.0. The van der Waals surface area contributed by atoms with E-state index in [0.717, 1.165) is 11.3 Å². The second kappa shape index (κ2) is 5.95. The van der Waals surface area contributed by atoms with Crippen LogP contribution in [0.15, 0.2) is 42.5 Å². The van der Waals surface area contributed by atoms with Crippen molar-refractivity contribution in [2.75, 3.05) is 5.32 Å². The average molecular weight is 296 g/mol. The zero-order valence-electron chi connectivity index (χ0n) is 9.86. The van der Waals surface area contributed by atoms with Crippen LogP contribution in [0.5, 0.6) is 0 Å². The van der Waals surface area contributed by atoms with Gasteiger partial charge in [0.2, 0.25) is 0 Å². The Morgan fingerprint density at radius 3 is 2.58 bits per heavy atom. The van der Waals surface area contributed by atoms with Gasteiger partial charge in [-0.15, -0.1) is 0 Å². The number of carboxylic acid groups (broad SMARTS) is 1. The smallest absolute Gasteiger partial charge is 0.335 e. The first kappa shape index (κ1) is 13.7. The van der Waals surface area contributed by atoms with E-state index in [1.54, 1.807) is 30.3 Å². The van der Waals surface area contributed by atoms with E-state index in [4.69, 9.17) is 28.3 Å². The number of hydrogen-bond acceptors (Lipinski definition) is 2. The summed E-state index contributed by atoms with van der Waals surface area (Å²) < 4.78 is 0. The molecule has 0 fully saturated rings. The molecule has 5 heteroatoms. The molecule has 0 aliphatic carbocycles. The maximum Gasteiger partial charge on any atom is 0.335 e. The Morgan fingerprint density at radius 1 is 1.11 bits per heavy atom. The fraction of sp³-hybridized carbons (Fsp3) is 0.0714. The van der Waals surface area contributed by atoms with Crippen molar-refractivity contribution in [3.05, 3.63) is 63.6 Å². The van der Waals surface area contributed by atoms with Gasteiger partial charge < -0.3 is 10.4 Å². The first-order valence-corrected chi connectivity index (χ1v) is 6.33. The van der Waals surface area contributed by atoms with Gasteiger partial charge in [-0.2, -0.15) is 0 Å². The van der Waals surface area contributed by atoms with E-state index >= 15 is 0 Å². The fourth-order valence-corrected chi connectivity index (χ4v) is 1.92. The molecule has 2 aromatic rings. The first-order valence-electron chi connectivity index (χ1n) is 5.57. The van der Waals surface area contributed by atoms with Crippen LogP contribution in [0, 0.1) is 0 Å². The van der Waals surface area contributed by atoms with E-state index in [-0.39, 0.29) is 5.56 Å². The van der Waals surface area contributed by atoms with Crippen molar-refractivity contribution in [1.29, 1.82) is 0 Å². The van der Waals surface area contributed by atoms with Gasteiger partial charge in [0.05, 0.1) is 15.6 Å². The summed E-state index contributed by atoms with van der Waals surface area (Å²) in [5.74, 6) is -0.934. The minimum atomic E-state index is -0.934. The normalized spacial score (nSPS) is 10.2. The van der Waals surface area contributed by atoms with Crippen LogP contribution >= 0.6 is 23.2 Å². The molecule has 98 valence electrons. The largest absolute Gasteiger partial charge is 0.478 e. The van der Waals surface area contributed by atoms with Crippen molar-refractivity contribution in [2.45, 2.75) is 6.54 Å². The standard InChI is InChI=1S/C14H11Cl2NO2/c15-12-5-4-11(7-13(12)16)17-8-9-2-1-3-10(6-9)14(18)19/h1-7,17H,8H2,(H,18,19). The van der Waals surface area contributed by atoms with E-state index in [1.807, 2.05) is 12.1 Å². The molecule has 0 aliphatic rings. The molecule has 3 nitrogen and oxygen atoms in total. The van der Waals surface area contributed by atoms with Crippen LogP contribution in [0.1, 0.15) is 15.9 Å². The van der Waals surface area contributed by atoms with Gasteiger partial charge in [-0.25, -0.2) is 4.79 Å². The third-order valence-corrected chi connectivity index (χ3v) is 3.33. The maximum atomic E-state index is 10.9. The van der Waals surface area contributed by atoms with Crippen molar-refractivity contribution in [3.8, 4) is 0 Å². The van der Waals surface area contributed by atoms with Gasteiger partial charge in [0.15, 0.2) is 0 Å². The van der Waals surface area contributed by atoms with Gasteiger partial charge in [-0.05, 0) is 35.9 Å². The van der Waals surface area contributed by atoms with E-state index in [9.17, 15) is 4.79 Å². The van der Waals surface area contributed by atoms with Crippen LogP contribution in [0.25, 0.3) is 0 Å². The number of nitrogens with one attached hydrogen (secondary N) is 1. The highest BCUT2D eigenvalue weighted by Gasteiger charge is 2.03. The number of carbonyl (C=O) groups is 1. The molecular weight excluding hydrogens is 285 g/mol. The van der Waals surface area contributed by atoms with Crippen molar-refractivity contribution in [1.82, 2.24) is 0 Å². The number of anilines is 1. The number of benzene rings is 2. The number of hydrogen-bond donors (Lipinski definition) is 2. The molecule has 0 spiro atoms. The van der Waals surface area contributed by atoms with Crippen LogP contribution < -0.4 is 5.32 Å². The van der Waals surface area contributed by atoms with Crippen LogP contribution in [0.3, 0.4) is 0 Å². The highest BCUT2D eigenvalue weighted by molar-refractivity contribution is 6.42. The van der Waals surface area contributed by atoms with E-state index in [2.05, 4.69) is 5.32 Å². The lowest BCUT2D eigenvalue weighted by molar-refractivity contribution is 0.0697. The van der Waals surface area contributed by atoms with Crippen LogP contribution in [0.4, 0.5) is 5.69 Å². The zero-order chi connectivity index (χ0) is 13.8. The minimum Gasteiger partial charge on any atom is -0.478 e. The fourth-order valence-electron chi connectivity index (χ4n) is 1.62. The van der Waals surface area contributed by atoms with Gasteiger partial charge in [-0.3, -0.25) is 0 Å². The molecule has 0 amide bonds. The van der Waals surface area contributed by atoms with Crippen LogP contribution in [0.2, 0.25) is 10.0 Å². The topological polar surface area (TPSA) is 49.3 Å². The predicted octanol–water partition coefficient (Wildman–Crippen LogP) is 4.30. The molecule has 2 rings (SSSR count). The molecule has 0 unspecified atom stereocenters. The molecule has 2 N–H and O–H groups in total. The van der Waals surface area contributed by atoms with E-state index in [0.29, 0.717) is 16.6 Å². The van der Waals surface area contributed by atoms with Crippen molar-refractivity contribution >= 4 is 34.9 Å². The van der Waals surface area contributed by atoms with Crippen LogP contribution in [-0.2, 0) is 6.54 Å². The number of aromatic carboxylic acids is 1. The summed E-state index contributed by atoms with van der Waals surface area (Å²) in [6.45, 7) is 0.513. The van der Waals surface area contributed by atoms with Crippen LogP contribution in [-0.4, -0.2) is 11.1 Å². The number of carboxylic acids is 1. The van der Waals surface area contributed by atoms with Gasteiger partial charge in [0, 0.05) is 12.2 Å². The Morgan fingerprint density at radius 2 is 1.89 bits per heavy atom. The molecule has 0 heterocycles. The van der Waals surface area contributed by atoms with Gasteiger partial charge in [-0.1, -0.05) is 35.3 Å². The third kappa shape index (κ3) is 3.63. The van der Waals surface area contributed by atoms with Crippen molar-refractivity contribution in [3.63, 3.8) is 0 Å². The summed E-state index contributed by atoms with van der Waals surface area (Å²) in [5.41, 5.74) is 1.98. The Bertz CT molecular complexity index is 614. The first-order chi connectivity index (χ1) is 9.06. The lowest BCUT2D eigenvalue weighted by Crippen LogP contribution is -2.02. The molecule has 0 aromatic heterocycles. The highest BCUT2D eigenvalue weighted by Crippen LogP contribution is 2.25. The van der Waals surface area contributed by atoms with Gasteiger partial charge in [0.25, 0.3) is 0 Å². The molecule has 0 aliphatic heterocycles. The summed E-state index contributed by atoms with van der Waals surface area (Å²) >= 11 is 11.7. The molecule has 0 radical (unpaired) electrons. The Hall–Kier alpha value is -1.71. The van der Waals surface area contributed by atoms with Gasteiger partial charge >= 0.3 is 5.97 Å². The zero-order valence-corrected chi connectivity index (χ0v) is 11.4. The highest BCUT2D eigenvalue weighted by atomic mass is 35.5. The van der Waals surface area contributed by atoms with Gasteiger partial charge in [0.1, 0.15) is 0 Å². The lowest BCUT2D eigenvalue weighted by Gasteiger charge is -2.08. The Balaban J connectivity index is 2.07. The third-order valence-electron chi connectivity index (χ3n) is 2.59. The van der Waals surface area contributed by atoms with Crippen molar-refractivity contribution in [2.24, 2.45) is 0 Å². The molecule has 19 heavy (non-hydrogen) atoms. The van der Waals surface area contributed by atoms with E-state index in [1.165, 1.54) is 0 Å². The monoisotopic (exact) mass is 295 g/mol. The summed E-state index contributed by atoms with van der Waals surface area (Å²) in [4.78, 5) is 10.9. The second-order valence-corrected chi connectivity index (χ2v) is 4.80. The van der Waals surface area contributed by atoms with Crippen molar-refractivity contribution < 1.29 is 9.90 Å². The molecule has 0 saturated heterocycles. The number of halogens is 2. The molecule has 0 bridgehead atoms. The minimum absolute atomic E-state index is 0.272. The number of rotatable bonds is 4. The maximum absolute atomic E-state index is 10.9. The Kier molecular flexibility index (Phi) is 4.30. The second-order valence-electron chi connectivity index (χ2n) is 3.99. The summed E-state index contributed by atoms with van der Waals surface area (Å²) in [6, 6.07) is 12.0. The summed E-state index contributed by atoms with van der Waals surface area (Å²) in [7, 11) is 0. The molecule has 0 atom stereocenters. The Labute approximate surface area is 120 Å². The molecule has 2 aromatic carbocycles. The van der Waals surface area contributed by atoms with E-state index < -0.39 is 5.97 Å². The lowest BCUT2D eigenvalue weighted by atomic mass is 10.1. The quantitative estimate of drug-likeness (QED) is 0.884. The molecular formula is C14H11Cl2NO2. The molecule has 0 saturated carbocycles.